The van der Waals surface area contributed by atoms with Gasteiger partial charge in [-0.2, -0.15) is 0 Å². The van der Waals surface area contributed by atoms with E-state index < -0.39 is 0 Å². The van der Waals surface area contributed by atoms with Crippen LogP contribution >= 0.6 is 0 Å². The third-order valence-corrected chi connectivity index (χ3v) is 3.89. The van der Waals surface area contributed by atoms with Gasteiger partial charge >= 0.3 is 5.97 Å². The van der Waals surface area contributed by atoms with Crippen LogP contribution in [0.15, 0.2) is 0 Å². The molecule has 1 aliphatic heterocycles. The molecule has 110 valence electrons. The Bertz CT molecular complexity index is 318. The molecule has 1 heterocycles. The smallest absolute Gasteiger partial charge is 0.307 e. The van der Waals surface area contributed by atoms with Crippen molar-refractivity contribution in [1.29, 1.82) is 0 Å². The quantitative estimate of drug-likeness (QED) is 0.706. The summed E-state index contributed by atoms with van der Waals surface area (Å²) in [7, 11) is 3.24. The molecule has 0 aliphatic carbocycles. The summed E-state index contributed by atoms with van der Waals surface area (Å²) < 4.78 is 4.73. The van der Waals surface area contributed by atoms with Crippen molar-refractivity contribution >= 4 is 11.9 Å². The Morgan fingerprint density at radius 1 is 1.37 bits per heavy atom. The fourth-order valence-electron chi connectivity index (χ4n) is 2.35. The summed E-state index contributed by atoms with van der Waals surface area (Å²) in [4.78, 5) is 27.4. The molecule has 0 N–H and O–H groups in total. The maximum atomic E-state index is 12.1. The Kier molecular flexibility index (Phi) is 6.28. The van der Waals surface area contributed by atoms with E-state index in [1.165, 1.54) is 7.11 Å². The fourth-order valence-corrected chi connectivity index (χ4v) is 2.35. The molecule has 19 heavy (non-hydrogen) atoms. The molecule has 0 bridgehead atoms. The molecule has 0 saturated carbocycles. The van der Waals surface area contributed by atoms with Gasteiger partial charge in [-0.25, -0.2) is 0 Å². The van der Waals surface area contributed by atoms with E-state index in [2.05, 4.69) is 4.90 Å². The number of esters is 1. The lowest BCUT2D eigenvalue weighted by Gasteiger charge is -2.36. The number of likely N-dealkylation sites (tertiary alicyclic amines) is 1. The van der Waals surface area contributed by atoms with E-state index in [1.54, 1.807) is 4.90 Å². The number of hydrogen-bond donors (Lipinski definition) is 0. The number of methoxy groups -OCH3 is 1. The van der Waals surface area contributed by atoms with Gasteiger partial charge in [0.25, 0.3) is 0 Å². The molecule has 1 aliphatic rings. The lowest BCUT2D eigenvalue weighted by Crippen LogP contribution is -2.48. The van der Waals surface area contributed by atoms with Crippen LogP contribution in [0, 0.1) is 0 Å². The predicted octanol–water partition coefficient (Wildman–Crippen LogP) is 1.27. The van der Waals surface area contributed by atoms with Gasteiger partial charge in [0.05, 0.1) is 20.1 Å². The Hall–Kier alpha value is -1.10. The summed E-state index contributed by atoms with van der Waals surface area (Å²) in [5.74, 6) is -0.0756. The maximum absolute atomic E-state index is 12.1. The zero-order chi connectivity index (χ0) is 14.4. The van der Waals surface area contributed by atoms with E-state index in [0.717, 1.165) is 25.8 Å². The maximum Gasteiger partial charge on any atom is 0.307 e. The van der Waals surface area contributed by atoms with Crippen molar-refractivity contribution in [2.24, 2.45) is 0 Å². The van der Waals surface area contributed by atoms with E-state index in [1.807, 2.05) is 20.9 Å². The molecule has 1 rings (SSSR count). The topological polar surface area (TPSA) is 49.9 Å². The number of likely N-dealkylation sites (N-methyl/N-ethyl adjacent to an activating group) is 1. The van der Waals surface area contributed by atoms with Gasteiger partial charge in [0.15, 0.2) is 0 Å². The Morgan fingerprint density at radius 2 is 2.05 bits per heavy atom. The third-order valence-electron chi connectivity index (χ3n) is 3.89. The molecule has 5 nitrogen and oxygen atoms in total. The van der Waals surface area contributed by atoms with E-state index in [9.17, 15) is 9.59 Å². The number of rotatable bonds is 5. The minimum Gasteiger partial charge on any atom is -0.469 e. The first kappa shape index (κ1) is 16.0. The largest absolute Gasteiger partial charge is 0.469 e. The molecule has 5 heteroatoms. The highest BCUT2D eigenvalue weighted by molar-refractivity contribution is 5.78. The summed E-state index contributed by atoms with van der Waals surface area (Å²) >= 11 is 0. The first-order valence-corrected chi connectivity index (χ1v) is 7.02. The van der Waals surface area contributed by atoms with Crippen molar-refractivity contribution in [2.75, 3.05) is 27.2 Å². The highest BCUT2D eigenvalue weighted by atomic mass is 16.5. The van der Waals surface area contributed by atoms with Crippen LogP contribution in [-0.4, -0.2) is 61.0 Å². The van der Waals surface area contributed by atoms with Gasteiger partial charge in [-0.1, -0.05) is 6.42 Å². The zero-order valence-corrected chi connectivity index (χ0v) is 12.5. The number of piperidine rings is 1. The van der Waals surface area contributed by atoms with Crippen LogP contribution < -0.4 is 0 Å². The summed E-state index contributed by atoms with van der Waals surface area (Å²) in [6.07, 6.45) is 3.56. The van der Waals surface area contributed by atoms with Gasteiger partial charge in [-0.15, -0.1) is 0 Å². The summed E-state index contributed by atoms with van der Waals surface area (Å²) in [5.41, 5.74) is 0. The van der Waals surface area contributed by atoms with Crippen molar-refractivity contribution in [3.63, 3.8) is 0 Å². The number of amides is 1. The number of carbonyl (C=O) groups is 2. The average Bonchev–Trinajstić information content (AvgIpc) is 2.39. The fraction of sp³-hybridized carbons (Fsp3) is 0.857. The van der Waals surface area contributed by atoms with Crippen LogP contribution in [0.3, 0.4) is 0 Å². The molecule has 0 radical (unpaired) electrons. The Morgan fingerprint density at radius 3 is 2.63 bits per heavy atom. The Labute approximate surface area is 115 Å². The van der Waals surface area contributed by atoms with Gasteiger partial charge in [0.2, 0.25) is 5.91 Å². The van der Waals surface area contributed by atoms with Crippen molar-refractivity contribution in [1.82, 2.24) is 9.80 Å². The molecule has 1 fully saturated rings. The minimum absolute atomic E-state index is 0.117. The molecule has 1 amide bonds. The van der Waals surface area contributed by atoms with Crippen LogP contribution in [0.25, 0.3) is 0 Å². The Balaban J connectivity index is 2.57. The predicted molar refractivity (Wildman–Crippen MR) is 73.8 cm³/mol. The van der Waals surface area contributed by atoms with Crippen LogP contribution in [0.5, 0.6) is 0 Å². The minimum atomic E-state index is -0.193. The average molecular weight is 270 g/mol. The molecular formula is C14H26N2O3. The second-order valence-electron chi connectivity index (χ2n) is 5.50. The number of hydrogen-bond acceptors (Lipinski definition) is 4. The number of carbonyl (C=O) groups excluding carboxylic acids is 2. The first-order valence-electron chi connectivity index (χ1n) is 7.02. The van der Waals surface area contributed by atoms with Gasteiger partial charge in [-0.05, 0) is 33.2 Å². The van der Waals surface area contributed by atoms with Gasteiger partial charge < -0.3 is 9.64 Å². The molecule has 0 spiro atoms. The zero-order valence-electron chi connectivity index (χ0n) is 12.5. The normalized spacial score (nSPS) is 20.4. The second kappa shape index (κ2) is 7.48. The van der Waals surface area contributed by atoms with Crippen molar-refractivity contribution in [2.45, 2.75) is 51.6 Å². The van der Waals surface area contributed by atoms with Gasteiger partial charge in [0.1, 0.15) is 0 Å². The van der Waals surface area contributed by atoms with Crippen molar-refractivity contribution in [3.05, 3.63) is 0 Å². The molecular weight excluding hydrogens is 244 g/mol. The molecule has 0 aromatic carbocycles. The molecule has 1 saturated heterocycles. The van der Waals surface area contributed by atoms with Crippen LogP contribution in [0.1, 0.15) is 39.5 Å². The number of nitrogens with zero attached hydrogens (tertiary/aromatic N) is 2. The van der Waals surface area contributed by atoms with E-state index in [-0.39, 0.29) is 24.0 Å². The number of ether oxygens (including phenoxy) is 1. The van der Waals surface area contributed by atoms with E-state index >= 15 is 0 Å². The van der Waals surface area contributed by atoms with Crippen molar-refractivity contribution in [3.8, 4) is 0 Å². The monoisotopic (exact) mass is 270 g/mol. The SMILES string of the molecule is COC(=O)CC1CCCCN1CC(=O)N(C)C(C)C. The van der Waals surface area contributed by atoms with Crippen LogP contribution in [0.2, 0.25) is 0 Å². The summed E-state index contributed by atoms with van der Waals surface area (Å²) in [5, 5.41) is 0. The lowest BCUT2D eigenvalue weighted by molar-refractivity contribution is -0.143. The molecule has 0 aromatic rings. The third kappa shape index (κ3) is 4.82. The van der Waals surface area contributed by atoms with Crippen LogP contribution in [-0.2, 0) is 14.3 Å². The lowest BCUT2D eigenvalue weighted by atomic mass is 9.99. The summed E-state index contributed by atoms with van der Waals surface area (Å²) in [6, 6.07) is 0.349. The van der Waals surface area contributed by atoms with Gasteiger partial charge in [-0.3, -0.25) is 14.5 Å². The standard InChI is InChI=1S/C14H26N2O3/c1-11(2)15(3)13(17)10-16-8-6-5-7-12(16)9-14(18)19-4/h11-12H,5-10H2,1-4H3. The van der Waals surface area contributed by atoms with Gasteiger partial charge in [0, 0.05) is 19.1 Å². The van der Waals surface area contributed by atoms with Crippen LogP contribution in [0.4, 0.5) is 0 Å². The van der Waals surface area contributed by atoms with Crippen molar-refractivity contribution < 1.29 is 14.3 Å². The second-order valence-corrected chi connectivity index (χ2v) is 5.50. The molecule has 1 unspecified atom stereocenters. The van der Waals surface area contributed by atoms with E-state index in [4.69, 9.17) is 4.74 Å². The highest BCUT2D eigenvalue weighted by Gasteiger charge is 2.27. The summed E-state index contributed by atoms with van der Waals surface area (Å²) in [6.45, 7) is 5.29. The van der Waals surface area contributed by atoms with E-state index in [0.29, 0.717) is 13.0 Å². The molecule has 0 aromatic heterocycles. The first-order chi connectivity index (χ1) is 8.95. The molecule has 1 atom stereocenters. The highest BCUT2D eigenvalue weighted by Crippen LogP contribution is 2.20.